The molecule has 1 aromatic carbocycles. The molecule has 2 N–H and O–H groups in total. The van der Waals surface area contributed by atoms with Crippen LogP contribution >= 0.6 is 0 Å². The summed E-state index contributed by atoms with van der Waals surface area (Å²) >= 11 is 0. The van der Waals surface area contributed by atoms with Crippen LogP contribution in [0.2, 0.25) is 0 Å². The summed E-state index contributed by atoms with van der Waals surface area (Å²) in [5.41, 5.74) is 2.05. The number of carboxylic acids is 1. The van der Waals surface area contributed by atoms with Crippen molar-refractivity contribution in [2.75, 3.05) is 0 Å². The summed E-state index contributed by atoms with van der Waals surface area (Å²) < 4.78 is 1.95. The van der Waals surface area contributed by atoms with Gasteiger partial charge in [-0.05, 0) is 24.4 Å². The van der Waals surface area contributed by atoms with E-state index >= 15 is 0 Å². The molecule has 0 saturated heterocycles. The number of fused-ring (bicyclic) bond motifs is 1. The summed E-state index contributed by atoms with van der Waals surface area (Å²) in [5.74, 6) is -0.980. The van der Waals surface area contributed by atoms with Crippen molar-refractivity contribution in [2.45, 2.75) is 26.0 Å². The van der Waals surface area contributed by atoms with Crippen LogP contribution in [0.4, 0.5) is 0 Å². The van der Waals surface area contributed by atoms with E-state index < -0.39 is 12.1 Å². The zero-order chi connectivity index (χ0) is 12.4. The molecule has 90 valence electrons. The van der Waals surface area contributed by atoms with Crippen LogP contribution in [0.25, 0.3) is 10.9 Å². The van der Waals surface area contributed by atoms with E-state index in [-0.39, 0.29) is 6.42 Å². The number of benzene rings is 1. The fraction of sp³-hybridized carbons (Fsp3) is 0.308. The van der Waals surface area contributed by atoms with Gasteiger partial charge in [-0.25, -0.2) is 0 Å². The van der Waals surface area contributed by atoms with Crippen molar-refractivity contribution >= 4 is 16.9 Å². The Labute approximate surface area is 99.1 Å². The Bertz CT molecular complexity index is 545. The Morgan fingerprint density at radius 3 is 2.82 bits per heavy atom. The maximum absolute atomic E-state index is 10.5. The number of aliphatic hydroxyl groups is 1. The molecule has 2 aromatic rings. The third-order valence-corrected chi connectivity index (χ3v) is 2.82. The SMILES string of the molecule is Cc1cc2ccccc2n1CC(O)CC(=O)O. The number of aliphatic carboxylic acids is 1. The fourth-order valence-corrected chi connectivity index (χ4v) is 2.07. The maximum atomic E-state index is 10.5. The molecule has 17 heavy (non-hydrogen) atoms. The first-order valence-corrected chi connectivity index (χ1v) is 5.52. The molecule has 0 bridgehead atoms. The van der Waals surface area contributed by atoms with Gasteiger partial charge in [-0.3, -0.25) is 4.79 Å². The van der Waals surface area contributed by atoms with E-state index in [1.807, 2.05) is 41.8 Å². The molecule has 4 heteroatoms. The summed E-state index contributed by atoms with van der Waals surface area (Å²) in [6.45, 7) is 2.26. The topological polar surface area (TPSA) is 62.5 Å². The zero-order valence-electron chi connectivity index (χ0n) is 9.63. The summed E-state index contributed by atoms with van der Waals surface area (Å²) in [6.07, 6.45) is -1.09. The predicted molar refractivity (Wildman–Crippen MR) is 64.9 cm³/mol. The van der Waals surface area contributed by atoms with Crippen LogP contribution in [0, 0.1) is 6.92 Å². The molecule has 0 saturated carbocycles. The minimum atomic E-state index is -0.980. The van der Waals surface area contributed by atoms with E-state index in [2.05, 4.69) is 0 Å². The highest BCUT2D eigenvalue weighted by Gasteiger charge is 2.13. The Hall–Kier alpha value is -1.81. The van der Waals surface area contributed by atoms with E-state index in [0.29, 0.717) is 6.54 Å². The van der Waals surface area contributed by atoms with Gasteiger partial charge < -0.3 is 14.8 Å². The highest BCUT2D eigenvalue weighted by molar-refractivity contribution is 5.81. The van der Waals surface area contributed by atoms with Crippen molar-refractivity contribution in [3.8, 4) is 0 Å². The Kier molecular flexibility index (Phi) is 3.15. The van der Waals surface area contributed by atoms with Crippen LogP contribution in [0.1, 0.15) is 12.1 Å². The zero-order valence-corrected chi connectivity index (χ0v) is 9.63. The number of rotatable bonds is 4. The number of aryl methyl sites for hydroxylation is 1. The van der Waals surface area contributed by atoms with Crippen LogP contribution in [0.5, 0.6) is 0 Å². The van der Waals surface area contributed by atoms with Crippen molar-refractivity contribution < 1.29 is 15.0 Å². The molecule has 0 spiro atoms. The second-order valence-electron chi connectivity index (χ2n) is 4.21. The largest absolute Gasteiger partial charge is 0.481 e. The number of nitrogens with zero attached hydrogens (tertiary/aromatic N) is 1. The predicted octanol–water partition coefficient (Wildman–Crippen LogP) is 1.79. The molecule has 1 heterocycles. The van der Waals surface area contributed by atoms with Gasteiger partial charge in [0.1, 0.15) is 0 Å². The standard InChI is InChI=1S/C13H15NO3/c1-9-6-10-4-2-3-5-12(10)14(9)8-11(15)7-13(16)17/h2-6,11,15H,7-8H2,1H3,(H,16,17). The average Bonchev–Trinajstić information content (AvgIpc) is 2.55. The van der Waals surface area contributed by atoms with Crippen LogP contribution < -0.4 is 0 Å². The molecule has 4 nitrogen and oxygen atoms in total. The molecule has 1 aromatic heterocycles. The normalized spacial score (nSPS) is 12.8. The van der Waals surface area contributed by atoms with Gasteiger partial charge in [0.05, 0.1) is 12.5 Å². The van der Waals surface area contributed by atoms with Crippen LogP contribution in [0.3, 0.4) is 0 Å². The summed E-state index contributed by atoms with van der Waals surface area (Å²) in [7, 11) is 0. The highest BCUT2D eigenvalue weighted by atomic mass is 16.4. The molecule has 0 radical (unpaired) electrons. The molecular formula is C13H15NO3. The fourth-order valence-electron chi connectivity index (χ4n) is 2.07. The maximum Gasteiger partial charge on any atom is 0.306 e. The minimum Gasteiger partial charge on any atom is -0.481 e. The molecule has 2 rings (SSSR count). The van der Waals surface area contributed by atoms with Gasteiger partial charge in [0.15, 0.2) is 0 Å². The van der Waals surface area contributed by atoms with Crippen molar-refractivity contribution in [3.05, 3.63) is 36.0 Å². The lowest BCUT2D eigenvalue weighted by molar-refractivity contribution is -0.139. The number of aliphatic hydroxyl groups excluding tert-OH is 1. The number of para-hydroxylation sites is 1. The number of aromatic nitrogens is 1. The average molecular weight is 233 g/mol. The first kappa shape index (κ1) is 11.7. The smallest absolute Gasteiger partial charge is 0.306 e. The minimum absolute atomic E-state index is 0.230. The lowest BCUT2D eigenvalue weighted by Crippen LogP contribution is -2.20. The van der Waals surface area contributed by atoms with Crippen LogP contribution in [-0.4, -0.2) is 26.9 Å². The van der Waals surface area contributed by atoms with Crippen molar-refractivity contribution in [3.63, 3.8) is 0 Å². The molecule has 1 unspecified atom stereocenters. The van der Waals surface area contributed by atoms with Crippen LogP contribution in [0.15, 0.2) is 30.3 Å². The molecule has 0 fully saturated rings. The van der Waals surface area contributed by atoms with Crippen molar-refractivity contribution in [2.24, 2.45) is 0 Å². The second-order valence-corrected chi connectivity index (χ2v) is 4.21. The highest BCUT2D eigenvalue weighted by Crippen LogP contribution is 2.19. The molecule has 0 aliphatic heterocycles. The number of carboxylic acid groups (broad SMARTS) is 1. The van der Waals surface area contributed by atoms with Crippen molar-refractivity contribution in [1.29, 1.82) is 0 Å². The third-order valence-electron chi connectivity index (χ3n) is 2.82. The van der Waals surface area contributed by atoms with Gasteiger partial charge in [0.2, 0.25) is 0 Å². The summed E-state index contributed by atoms with van der Waals surface area (Å²) in [4.78, 5) is 10.5. The van der Waals surface area contributed by atoms with E-state index in [4.69, 9.17) is 5.11 Å². The number of carbonyl (C=O) groups is 1. The molecule has 0 aliphatic carbocycles. The quantitative estimate of drug-likeness (QED) is 0.846. The molecule has 0 aliphatic rings. The Morgan fingerprint density at radius 2 is 2.12 bits per heavy atom. The van der Waals surface area contributed by atoms with E-state index in [1.165, 1.54) is 0 Å². The van der Waals surface area contributed by atoms with E-state index in [9.17, 15) is 9.90 Å². The molecule has 0 amide bonds. The number of hydrogen-bond acceptors (Lipinski definition) is 2. The monoisotopic (exact) mass is 233 g/mol. The van der Waals surface area contributed by atoms with Gasteiger partial charge in [0, 0.05) is 17.8 Å². The first-order chi connectivity index (χ1) is 8.08. The second kappa shape index (κ2) is 4.59. The van der Waals surface area contributed by atoms with Gasteiger partial charge in [-0.1, -0.05) is 18.2 Å². The summed E-state index contributed by atoms with van der Waals surface area (Å²) in [6, 6.07) is 9.89. The lowest BCUT2D eigenvalue weighted by atomic mass is 10.2. The van der Waals surface area contributed by atoms with Gasteiger partial charge in [-0.2, -0.15) is 0 Å². The first-order valence-electron chi connectivity index (χ1n) is 5.52. The lowest BCUT2D eigenvalue weighted by Gasteiger charge is -2.12. The van der Waals surface area contributed by atoms with Crippen molar-refractivity contribution in [1.82, 2.24) is 4.57 Å². The van der Waals surface area contributed by atoms with Crippen LogP contribution in [-0.2, 0) is 11.3 Å². The van der Waals surface area contributed by atoms with E-state index in [0.717, 1.165) is 16.6 Å². The molecule has 1 atom stereocenters. The Balaban J connectivity index is 2.29. The van der Waals surface area contributed by atoms with Gasteiger partial charge in [0.25, 0.3) is 0 Å². The summed E-state index contributed by atoms with van der Waals surface area (Å²) in [5, 5.41) is 19.4. The van der Waals surface area contributed by atoms with Gasteiger partial charge in [-0.15, -0.1) is 0 Å². The van der Waals surface area contributed by atoms with Gasteiger partial charge >= 0.3 is 5.97 Å². The Morgan fingerprint density at radius 1 is 1.41 bits per heavy atom. The molecular weight excluding hydrogens is 218 g/mol. The number of hydrogen-bond donors (Lipinski definition) is 2. The van der Waals surface area contributed by atoms with E-state index in [1.54, 1.807) is 0 Å². The third kappa shape index (κ3) is 2.47.